The van der Waals surface area contributed by atoms with Crippen LogP contribution in [0.2, 0.25) is 0 Å². The Morgan fingerprint density at radius 1 is 0.517 bits per heavy atom. The first-order valence-electron chi connectivity index (χ1n) is 21.5. The fourth-order valence-electron chi connectivity index (χ4n) is 8.79. The molecule has 0 radical (unpaired) electrons. The summed E-state index contributed by atoms with van der Waals surface area (Å²) in [5.74, 6) is -0.0770. The number of anilines is 2. The van der Waals surface area contributed by atoms with Crippen LogP contribution in [0.5, 0.6) is 0 Å². The highest BCUT2D eigenvalue weighted by Crippen LogP contribution is 2.34. The van der Waals surface area contributed by atoms with Crippen molar-refractivity contribution in [2.75, 3.05) is 64.0 Å². The minimum Gasteiger partial charge on any atom is -0.384 e. The molecule has 2 aliphatic heterocycles. The van der Waals surface area contributed by atoms with Gasteiger partial charge in [0.15, 0.2) is 0 Å². The van der Waals surface area contributed by atoms with Gasteiger partial charge in [-0.1, -0.05) is 86.3 Å². The van der Waals surface area contributed by atoms with Gasteiger partial charge < -0.3 is 31.1 Å². The third-order valence-electron chi connectivity index (χ3n) is 12.2. The monoisotopic (exact) mass is 778 g/mol. The number of carbonyl (C=O) groups is 2. The van der Waals surface area contributed by atoms with Crippen LogP contribution < -0.4 is 21.3 Å². The average Bonchev–Trinajstić information content (AvgIpc) is 3.24. The molecule has 10 nitrogen and oxygen atoms in total. The van der Waals surface area contributed by atoms with Gasteiger partial charge in [0.05, 0.1) is 44.6 Å². The zero-order valence-corrected chi connectivity index (χ0v) is 34.2. The van der Waals surface area contributed by atoms with E-state index >= 15 is 0 Å². The number of benzene rings is 4. The number of pyridine rings is 2. The molecule has 4 aromatic carbocycles. The van der Waals surface area contributed by atoms with E-state index in [-0.39, 0.29) is 23.9 Å². The summed E-state index contributed by atoms with van der Waals surface area (Å²) in [6, 6.07) is 28.8. The Labute approximate surface area is 342 Å². The fourth-order valence-corrected chi connectivity index (χ4v) is 8.79. The van der Waals surface area contributed by atoms with Crippen molar-refractivity contribution in [3.05, 3.63) is 96.1 Å². The Morgan fingerprint density at radius 3 is 1.33 bits per heavy atom. The van der Waals surface area contributed by atoms with Gasteiger partial charge in [0.1, 0.15) is 0 Å². The van der Waals surface area contributed by atoms with E-state index in [1.165, 1.54) is 12.8 Å². The number of aromatic nitrogens is 2. The summed E-state index contributed by atoms with van der Waals surface area (Å²) in [6.07, 6.45) is 10.7. The minimum absolute atomic E-state index is 0.0385. The Hall–Kier alpha value is -5.32. The molecule has 58 heavy (non-hydrogen) atoms. The number of nitrogens with one attached hydrogen (secondary N) is 4. The molecule has 6 aromatic rings. The van der Waals surface area contributed by atoms with Gasteiger partial charge in [0, 0.05) is 46.7 Å². The second-order valence-electron chi connectivity index (χ2n) is 16.5. The van der Waals surface area contributed by atoms with Crippen molar-refractivity contribution in [1.82, 2.24) is 30.4 Å². The molecule has 0 unspecified atom stereocenters. The highest BCUT2D eigenvalue weighted by atomic mass is 16.2. The lowest BCUT2D eigenvalue weighted by atomic mass is 10.0. The van der Waals surface area contributed by atoms with Crippen LogP contribution in [0.15, 0.2) is 84.9 Å². The molecular weight excluding hydrogens is 721 g/mol. The first kappa shape index (κ1) is 39.5. The molecule has 4 N–H and O–H groups in total. The molecule has 0 bridgehead atoms. The number of hydrogen-bond donors (Lipinski definition) is 4. The summed E-state index contributed by atoms with van der Waals surface area (Å²) >= 11 is 0. The maximum atomic E-state index is 13.6. The van der Waals surface area contributed by atoms with Crippen LogP contribution in [-0.4, -0.2) is 97.0 Å². The molecule has 2 saturated heterocycles. The maximum absolute atomic E-state index is 13.6. The minimum atomic E-state index is -0.0385. The molecule has 4 heterocycles. The molecule has 2 aromatic heterocycles. The van der Waals surface area contributed by atoms with Crippen LogP contribution >= 0.6 is 0 Å². The maximum Gasteiger partial charge on any atom is 0.253 e. The van der Waals surface area contributed by atoms with Gasteiger partial charge in [-0.05, 0) is 103 Å². The summed E-state index contributed by atoms with van der Waals surface area (Å²) in [5, 5.41) is 18.2. The van der Waals surface area contributed by atoms with E-state index in [4.69, 9.17) is 9.97 Å². The van der Waals surface area contributed by atoms with Crippen LogP contribution in [-0.2, 0) is 0 Å². The number of hydrogen-bond acceptors (Lipinski definition) is 8. The number of unbranched alkanes of at least 4 members (excludes halogenated alkanes) is 5. The van der Waals surface area contributed by atoms with Crippen molar-refractivity contribution in [3.8, 4) is 0 Å². The molecule has 2 amide bonds. The smallest absolute Gasteiger partial charge is 0.253 e. The van der Waals surface area contributed by atoms with Crippen LogP contribution in [0.3, 0.4) is 0 Å². The van der Waals surface area contributed by atoms with Crippen molar-refractivity contribution in [3.63, 3.8) is 0 Å². The lowest BCUT2D eigenvalue weighted by molar-refractivity contribution is 0.0910. The fraction of sp³-hybridized carbons (Fsp3) is 0.417. The zero-order valence-electron chi connectivity index (χ0n) is 34.2. The average molecular weight is 779 g/mol. The van der Waals surface area contributed by atoms with E-state index in [2.05, 4.69) is 81.6 Å². The normalized spacial score (nSPS) is 16.0. The summed E-state index contributed by atoms with van der Waals surface area (Å²) in [5.41, 5.74) is 6.69. The van der Waals surface area contributed by atoms with E-state index in [1.807, 2.05) is 48.5 Å². The SMILES string of the molecule is CN1CCC(NC(=O)c2cccc3c(NCCCCCCCCNc4c5ccccc5nc5c(C(=O)NC6CCN(C)CC6)cccc45)c4ccccc4nc23)CC1. The molecule has 302 valence electrons. The number of fused-ring (bicyclic) bond motifs is 4. The number of nitrogens with zero attached hydrogens (tertiary/aromatic N) is 4. The highest BCUT2D eigenvalue weighted by Gasteiger charge is 2.23. The van der Waals surface area contributed by atoms with Crippen molar-refractivity contribution in [2.24, 2.45) is 0 Å². The number of likely N-dealkylation sites (tertiary alicyclic amines) is 2. The van der Waals surface area contributed by atoms with Crippen molar-refractivity contribution in [2.45, 2.75) is 76.3 Å². The van der Waals surface area contributed by atoms with E-state index in [0.717, 1.165) is 146 Å². The number of carbonyl (C=O) groups excluding carboxylic acids is 2. The lowest BCUT2D eigenvalue weighted by Crippen LogP contribution is -2.43. The third-order valence-corrected chi connectivity index (χ3v) is 12.2. The number of piperidine rings is 2. The third kappa shape index (κ3) is 9.03. The highest BCUT2D eigenvalue weighted by molar-refractivity contribution is 6.15. The zero-order chi connectivity index (χ0) is 39.8. The van der Waals surface area contributed by atoms with Crippen molar-refractivity contribution < 1.29 is 9.59 Å². The molecular formula is C48H58N8O2. The molecule has 10 heteroatoms. The van der Waals surface area contributed by atoms with Gasteiger partial charge >= 0.3 is 0 Å². The Bertz CT molecular complexity index is 2210. The topological polar surface area (TPSA) is 115 Å². The number of rotatable bonds is 15. The summed E-state index contributed by atoms with van der Waals surface area (Å²) < 4.78 is 0. The second-order valence-corrected chi connectivity index (χ2v) is 16.5. The van der Waals surface area contributed by atoms with Crippen LogP contribution in [0.1, 0.15) is 84.9 Å². The summed E-state index contributed by atoms with van der Waals surface area (Å²) in [6.45, 7) is 5.71. The predicted octanol–water partition coefficient (Wildman–Crippen LogP) is 8.60. The Morgan fingerprint density at radius 2 is 0.897 bits per heavy atom. The van der Waals surface area contributed by atoms with Crippen LogP contribution in [0.4, 0.5) is 11.4 Å². The molecule has 0 spiro atoms. The Balaban J connectivity index is 0.841. The summed E-state index contributed by atoms with van der Waals surface area (Å²) in [7, 11) is 4.27. The van der Waals surface area contributed by atoms with Gasteiger partial charge in [0.2, 0.25) is 0 Å². The van der Waals surface area contributed by atoms with E-state index in [9.17, 15) is 9.59 Å². The molecule has 2 aliphatic rings. The molecule has 0 aliphatic carbocycles. The van der Waals surface area contributed by atoms with Gasteiger partial charge in [0.25, 0.3) is 11.8 Å². The van der Waals surface area contributed by atoms with E-state index in [0.29, 0.717) is 11.1 Å². The first-order chi connectivity index (χ1) is 28.4. The van der Waals surface area contributed by atoms with E-state index in [1.54, 1.807) is 0 Å². The van der Waals surface area contributed by atoms with Gasteiger partial charge in [-0.2, -0.15) is 0 Å². The standard InChI is InChI=1S/C48H58N8O2/c1-55-29-23-33(24-30-55)51-47(57)39-19-13-17-37-43(35-15-7-9-21-41(35)53-45(37)39)49-27-11-5-3-4-6-12-28-50-44-36-16-8-10-22-42(36)54-46-38(44)18-14-20-40(46)48(58)52-34-25-31-56(2)32-26-34/h7-10,13-22,33-34H,3-6,11-12,23-32H2,1-2H3,(H,49,53)(H,50,54)(H,51,57)(H,52,58). The van der Waals surface area contributed by atoms with Crippen molar-refractivity contribution >= 4 is 66.8 Å². The van der Waals surface area contributed by atoms with Crippen LogP contribution in [0, 0.1) is 0 Å². The second kappa shape index (κ2) is 18.5. The van der Waals surface area contributed by atoms with Gasteiger partial charge in [-0.25, -0.2) is 9.97 Å². The molecule has 8 rings (SSSR count). The molecule has 0 saturated carbocycles. The largest absolute Gasteiger partial charge is 0.384 e. The van der Waals surface area contributed by atoms with Gasteiger partial charge in [-0.15, -0.1) is 0 Å². The lowest BCUT2D eigenvalue weighted by Gasteiger charge is -2.29. The van der Waals surface area contributed by atoms with Gasteiger partial charge in [-0.3, -0.25) is 9.59 Å². The first-order valence-corrected chi connectivity index (χ1v) is 21.5. The Kier molecular flexibility index (Phi) is 12.6. The quantitative estimate of drug-likeness (QED) is 0.0606. The van der Waals surface area contributed by atoms with Crippen LogP contribution in [0.25, 0.3) is 43.6 Å². The van der Waals surface area contributed by atoms with Crippen molar-refractivity contribution in [1.29, 1.82) is 0 Å². The predicted molar refractivity (Wildman–Crippen MR) is 239 cm³/mol. The number of amides is 2. The van der Waals surface area contributed by atoms with E-state index < -0.39 is 0 Å². The molecule has 0 atom stereocenters. The summed E-state index contributed by atoms with van der Waals surface area (Å²) in [4.78, 5) is 41.7. The molecule has 2 fully saturated rings. The number of para-hydroxylation sites is 4.